The van der Waals surface area contributed by atoms with Crippen LogP contribution >= 0.6 is 11.6 Å². The third-order valence-corrected chi connectivity index (χ3v) is 2.89. The van der Waals surface area contributed by atoms with Gasteiger partial charge in [0.15, 0.2) is 0 Å². The number of nitrogens with two attached hydrogens (primary N) is 1. The molecule has 0 aliphatic carbocycles. The first kappa shape index (κ1) is 12.4. The van der Waals surface area contributed by atoms with Gasteiger partial charge in [-0.25, -0.2) is 4.98 Å². The zero-order chi connectivity index (χ0) is 13.1. The topological polar surface area (TPSA) is 68.0 Å². The maximum atomic E-state index is 11.9. The number of aromatic nitrogens is 1. The molecule has 2 aromatic rings. The average Bonchev–Trinajstić information content (AvgIpc) is 2.34. The minimum atomic E-state index is -0.248. The molecule has 0 bridgehead atoms. The molecule has 0 atom stereocenters. The second-order valence-corrected chi connectivity index (χ2v) is 4.30. The van der Waals surface area contributed by atoms with Crippen LogP contribution in [0.1, 0.15) is 15.9 Å². The second kappa shape index (κ2) is 5.06. The molecule has 5 heteroatoms. The smallest absolute Gasteiger partial charge is 0.257 e. The molecular formula is C13H12ClN3O. The summed E-state index contributed by atoms with van der Waals surface area (Å²) in [4.78, 5) is 15.8. The van der Waals surface area contributed by atoms with E-state index < -0.39 is 0 Å². The fourth-order valence-corrected chi connectivity index (χ4v) is 1.59. The summed E-state index contributed by atoms with van der Waals surface area (Å²) < 4.78 is 0. The van der Waals surface area contributed by atoms with Crippen LogP contribution in [-0.2, 0) is 0 Å². The molecule has 3 N–H and O–H groups in total. The van der Waals surface area contributed by atoms with Gasteiger partial charge >= 0.3 is 0 Å². The molecule has 0 unspecified atom stereocenters. The molecule has 4 nitrogen and oxygen atoms in total. The second-order valence-electron chi connectivity index (χ2n) is 3.89. The van der Waals surface area contributed by atoms with Crippen molar-refractivity contribution in [2.45, 2.75) is 6.92 Å². The summed E-state index contributed by atoms with van der Waals surface area (Å²) in [5.74, 6) is 0.132. The normalized spacial score (nSPS) is 10.1. The van der Waals surface area contributed by atoms with E-state index in [1.165, 1.54) is 6.20 Å². The highest BCUT2D eigenvalue weighted by Gasteiger charge is 2.07. The zero-order valence-electron chi connectivity index (χ0n) is 9.77. The average molecular weight is 262 g/mol. The minimum Gasteiger partial charge on any atom is -0.384 e. The lowest BCUT2D eigenvalue weighted by Gasteiger charge is -2.06. The predicted molar refractivity (Wildman–Crippen MR) is 72.8 cm³/mol. The summed E-state index contributed by atoms with van der Waals surface area (Å²) in [5.41, 5.74) is 7.51. The van der Waals surface area contributed by atoms with Crippen LogP contribution in [0.5, 0.6) is 0 Å². The molecule has 0 radical (unpaired) electrons. The van der Waals surface area contributed by atoms with Gasteiger partial charge in [-0.3, -0.25) is 4.79 Å². The van der Waals surface area contributed by atoms with Gasteiger partial charge in [0.2, 0.25) is 0 Å². The number of nitrogen functional groups attached to an aromatic ring is 1. The third kappa shape index (κ3) is 2.78. The molecule has 1 heterocycles. The van der Waals surface area contributed by atoms with Crippen molar-refractivity contribution < 1.29 is 4.79 Å². The maximum Gasteiger partial charge on any atom is 0.257 e. The number of hydrogen-bond acceptors (Lipinski definition) is 3. The first-order chi connectivity index (χ1) is 8.56. The summed E-state index contributed by atoms with van der Waals surface area (Å²) in [5, 5.41) is 3.36. The van der Waals surface area contributed by atoms with Gasteiger partial charge in [-0.05, 0) is 36.8 Å². The van der Waals surface area contributed by atoms with Gasteiger partial charge in [-0.2, -0.15) is 0 Å². The number of nitrogens with one attached hydrogen (secondary N) is 1. The van der Waals surface area contributed by atoms with Gasteiger partial charge in [-0.1, -0.05) is 17.7 Å². The van der Waals surface area contributed by atoms with Crippen LogP contribution in [0.3, 0.4) is 0 Å². The number of halogens is 1. The van der Waals surface area contributed by atoms with E-state index in [9.17, 15) is 4.79 Å². The SMILES string of the molecule is Cc1ccc(NC(=O)c2ccc(N)nc2)cc1Cl. The minimum absolute atomic E-state index is 0.248. The van der Waals surface area contributed by atoms with Gasteiger partial charge < -0.3 is 11.1 Å². The zero-order valence-corrected chi connectivity index (χ0v) is 10.5. The Kier molecular flexibility index (Phi) is 3.48. The van der Waals surface area contributed by atoms with Crippen LogP contribution in [0, 0.1) is 6.92 Å². The lowest BCUT2D eigenvalue weighted by molar-refractivity contribution is 0.102. The van der Waals surface area contributed by atoms with E-state index in [4.69, 9.17) is 17.3 Å². The molecule has 0 fully saturated rings. The van der Waals surface area contributed by atoms with Crippen LogP contribution in [0.2, 0.25) is 5.02 Å². The Morgan fingerprint density at radius 1 is 1.33 bits per heavy atom. The standard InChI is InChI=1S/C13H12ClN3O/c1-8-2-4-10(6-11(8)14)17-13(18)9-3-5-12(15)16-7-9/h2-7H,1H3,(H2,15,16)(H,17,18). The highest BCUT2D eigenvalue weighted by molar-refractivity contribution is 6.31. The Morgan fingerprint density at radius 3 is 2.72 bits per heavy atom. The third-order valence-electron chi connectivity index (χ3n) is 2.48. The van der Waals surface area contributed by atoms with Gasteiger partial charge in [0.25, 0.3) is 5.91 Å². The summed E-state index contributed by atoms with van der Waals surface area (Å²) in [7, 11) is 0. The van der Waals surface area contributed by atoms with Crippen molar-refractivity contribution in [1.29, 1.82) is 0 Å². The molecule has 92 valence electrons. The van der Waals surface area contributed by atoms with Gasteiger partial charge in [0, 0.05) is 16.9 Å². The van der Waals surface area contributed by atoms with Crippen LogP contribution in [-0.4, -0.2) is 10.9 Å². The molecule has 18 heavy (non-hydrogen) atoms. The number of hydrogen-bond donors (Lipinski definition) is 2. The molecular weight excluding hydrogens is 250 g/mol. The van der Waals surface area contributed by atoms with E-state index in [1.807, 2.05) is 13.0 Å². The fraction of sp³-hybridized carbons (Fsp3) is 0.0769. The van der Waals surface area contributed by atoms with Crippen molar-refractivity contribution in [1.82, 2.24) is 4.98 Å². The quantitative estimate of drug-likeness (QED) is 0.873. The van der Waals surface area contributed by atoms with Crippen LogP contribution < -0.4 is 11.1 Å². The summed E-state index contributed by atoms with van der Waals surface area (Å²) in [6.45, 7) is 1.90. The summed E-state index contributed by atoms with van der Waals surface area (Å²) in [6.07, 6.45) is 1.43. The molecule has 0 saturated carbocycles. The fourth-order valence-electron chi connectivity index (χ4n) is 1.41. The molecule has 2 rings (SSSR count). The van der Waals surface area contributed by atoms with Crippen LogP contribution in [0.25, 0.3) is 0 Å². The molecule has 1 aromatic heterocycles. The molecule has 0 aliphatic heterocycles. The molecule has 0 saturated heterocycles. The largest absolute Gasteiger partial charge is 0.384 e. The number of pyridine rings is 1. The number of nitrogens with zero attached hydrogens (tertiary/aromatic N) is 1. The molecule has 0 aliphatic rings. The van der Waals surface area contributed by atoms with Gasteiger partial charge in [-0.15, -0.1) is 0 Å². The lowest BCUT2D eigenvalue weighted by Crippen LogP contribution is -2.12. The van der Waals surface area contributed by atoms with E-state index in [0.717, 1.165) is 5.56 Å². The highest BCUT2D eigenvalue weighted by atomic mass is 35.5. The monoisotopic (exact) mass is 261 g/mol. The van der Waals surface area contributed by atoms with Crippen molar-refractivity contribution in [3.05, 3.63) is 52.7 Å². The number of rotatable bonds is 2. The van der Waals surface area contributed by atoms with Crippen LogP contribution in [0.4, 0.5) is 11.5 Å². The number of amides is 1. The number of benzene rings is 1. The number of carbonyl (C=O) groups is 1. The highest BCUT2D eigenvalue weighted by Crippen LogP contribution is 2.20. The summed E-state index contributed by atoms with van der Waals surface area (Å²) >= 11 is 5.98. The van der Waals surface area contributed by atoms with Gasteiger partial charge in [0.1, 0.15) is 5.82 Å². The number of anilines is 2. The Morgan fingerprint density at radius 2 is 2.11 bits per heavy atom. The Bertz CT molecular complexity index is 581. The van der Waals surface area contributed by atoms with E-state index in [0.29, 0.717) is 22.1 Å². The van der Waals surface area contributed by atoms with Gasteiger partial charge in [0.05, 0.1) is 5.56 Å². The lowest BCUT2D eigenvalue weighted by atomic mass is 10.2. The van der Waals surface area contributed by atoms with E-state index in [1.54, 1.807) is 24.3 Å². The summed E-state index contributed by atoms with van der Waals surface area (Å²) in [6, 6.07) is 8.55. The van der Waals surface area contributed by atoms with Crippen molar-refractivity contribution in [3.8, 4) is 0 Å². The molecule has 0 spiro atoms. The van der Waals surface area contributed by atoms with Crippen molar-refractivity contribution in [2.24, 2.45) is 0 Å². The predicted octanol–water partition coefficient (Wildman–Crippen LogP) is 2.88. The number of aryl methyl sites for hydroxylation is 1. The Labute approximate surface area is 110 Å². The Hall–Kier alpha value is -2.07. The molecule has 1 amide bonds. The van der Waals surface area contributed by atoms with Crippen molar-refractivity contribution in [2.75, 3.05) is 11.1 Å². The Balaban J connectivity index is 2.16. The first-order valence-corrected chi connectivity index (χ1v) is 5.73. The van der Waals surface area contributed by atoms with Crippen LogP contribution in [0.15, 0.2) is 36.5 Å². The van der Waals surface area contributed by atoms with Crippen molar-refractivity contribution >= 4 is 29.0 Å². The van der Waals surface area contributed by atoms with E-state index in [-0.39, 0.29) is 5.91 Å². The maximum absolute atomic E-state index is 11.9. The van der Waals surface area contributed by atoms with Crippen molar-refractivity contribution in [3.63, 3.8) is 0 Å². The first-order valence-electron chi connectivity index (χ1n) is 5.35. The van der Waals surface area contributed by atoms with E-state index >= 15 is 0 Å². The van der Waals surface area contributed by atoms with E-state index in [2.05, 4.69) is 10.3 Å². The molecule has 1 aromatic carbocycles. The number of carbonyl (C=O) groups excluding carboxylic acids is 1.